The van der Waals surface area contributed by atoms with Gasteiger partial charge in [0.1, 0.15) is 0 Å². The molecule has 0 bridgehead atoms. The molecule has 4 heteroatoms. The fourth-order valence-electron chi connectivity index (χ4n) is 2.47. The Kier molecular flexibility index (Phi) is 2.67. The van der Waals surface area contributed by atoms with Crippen molar-refractivity contribution in [3.63, 3.8) is 0 Å². The molecule has 0 atom stereocenters. The summed E-state index contributed by atoms with van der Waals surface area (Å²) in [5, 5.41) is 7.97. The van der Waals surface area contributed by atoms with E-state index in [0.717, 1.165) is 25.3 Å². The molecule has 2 aromatic heterocycles. The summed E-state index contributed by atoms with van der Waals surface area (Å²) in [6, 6.07) is 5.92. The van der Waals surface area contributed by atoms with Gasteiger partial charge in [-0.15, -0.1) is 0 Å². The summed E-state index contributed by atoms with van der Waals surface area (Å²) in [6.07, 6.45) is 4.79. The zero-order chi connectivity index (χ0) is 12.6. The highest BCUT2D eigenvalue weighted by Gasteiger charge is 2.26. The number of hydrogen-bond donors (Lipinski definition) is 1. The first kappa shape index (κ1) is 11.4. The molecular weight excluding hydrogens is 224 g/mol. The fraction of sp³-hybridized carbons (Fsp3) is 0.429. The molecule has 0 saturated heterocycles. The number of fused-ring (bicyclic) bond motifs is 1. The molecule has 0 fully saturated rings. The highest BCUT2D eigenvalue weighted by molar-refractivity contribution is 5.30. The van der Waals surface area contributed by atoms with E-state index >= 15 is 0 Å². The third kappa shape index (κ3) is 2.04. The Bertz CT molecular complexity index is 542. The van der Waals surface area contributed by atoms with Gasteiger partial charge in [0.25, 0.3) is 0 Å². The number of hydrogen-bond acceptors (Lipinski definition) is 3. The predicted molar refractivity (Wildman–Crippen MR) is 70.6 cm³/mol. The summed E-state index contributed by atoms with van der Waals surface area (Å²) in [4.78, 5) is 4.39. The summed E-state index contributed by atoms with van der Waals surface area (Å²) in [7, 11) is 0. The molecule has 0 aliphatic carbocycles. The maximum Gasteiger partial charge on any atom is 0.153 e. The molecule has 3 rings (SSSR count). The third-order valence-electron chi connectivity index (χ3n) is 3.39. The first-order chi connectivity index (χ1) is 8.66. The molecule has 0 unspecified atom stereocenters. The topological polar surface area (TPSA) is 42.7 Å². The van der Waals surface area contributed by atoms with Crippen molar-refractivity contribution in [2.24, 2.45) is 5.41 Å². The van der Waals surface area contributed by atoms with E-state index in [9.17, 15) is 0 Å². The van der Waals surface area contributed by atoms with E-state index in [1.165, 1.54) is 11.3 Å². The average molecular weight is 242 g/mol. The standard InChI is InChI=1S/C14H18N4/c1-14(2)7-12-11(8-15-10-14)9-17-18(12)13-5-3-4-6-16-13/h3-6,9,15H,7-8,10H2,1-2H3. The van der Waals surface area contributed by atoms with Crippen molar-refractivity contribution in [1.29, 1.82) is 0 Å². The van der Waals surface area contributed by atoms with Crippen LogP contribution in [0.1, 0.15) is 25.1 Å². The van der Waals surface area contributed by atoms with Crippen LogP contribution in [-0.2, 0) is 13.0 Å². The Hall–Kier alpha value is -1.68. The molecule has 94 valence electrons. The third-order valence-corrected chi connectivity index (χ3v) is 3.39. The van der Waals surface area contributed by atoms with Gasteiger partial charge in [-0.3, -0.25) is 0 Å². The Morgan fingerprint density at radius 3 is 3.00 bits per heavy atom. The van der Waals surface area contributed by atoms with Crippen LogP contribution < -0.4 is 5.32 Å². The molecular formula is C14H18N4. The molecule has 2 aromatic rings. The van der Waals surface area contributed by atoms with E-state index in [4.69, 9.17) is 0 Å². The van der Waals surface area contributed by atoms with E-state index in [1.807, 2.05) is 35.3 Å². The summed E-state index contributed by atoms with van der Waals surface area (Å²) >= 11 is 0. The van der Waals surface area contributed by atoms with Crippen LogP contribution >= 0.6 is 0 Å². The zero-order valence-corrected chi connectivity index (χ0v) is 10.8. The quantitative estimate of drug-likeness (QED) is 0.831. The molecule has 0 saturated carbocycles. The maximum absolute atomic E-state index is 4.49. The number of aromatic nitrogens is 3. The van der Waals surface area contributed by atoms with Crippen LogP contribution in [0.2, 0.25) is 0 Å². The molecule has 18 heavy (non-hydrogen) atoms. The van der Waals surface area contributed by atoms with Gasteiger partial charge < -0.3 is 5.32 Å². The van der Waals surface area contributed by atoms with Crippen molar-refractivity contribution in [3.05, 3.63) is 41.9 Å². The molecule has 1 aliphatic heterocycles. The van der Waals surface area contributed by atoms with Crippen LogP contribution in [-0.4, -0.2) is 21.3 Å². The fourth-order valence-corrected chi connectivity index (χ4v) is 2.47. The van der Waals surface area contributed by atoms with Crippen molar-refractivity contribution in [2.45, 2.75) is 26.8 Å². The van der Waals surface area contributed by atoms with E-state index in [0.29, 0.717) is 0 Å². The van der Waals surface area contributed by atoms with Crippen LogP contribution in [0.4, 0.5) is 0 Å². The smallest absolute Gasteiger partial charge is 0.153 e. The summed E-state index contributed by atoms with van der Waals surface area (Å²) < 4.78 is 1.98. The maximum atomic E-state index is 4.49. The Morgan fingerprint density at radius 1 is 1.33 bits per heavy atom. The van der Waals surface area contributed by atoms with Gasteiger partial charge >= 0.3 is 0 Å². The second-order valence-electron chi connectivity index (χ2n) is 5.66. The van der Waals surface area contributed by atoms with E-state index in [1.54, 1.807) is 0 Å². The van der Waals surface area contributed by atoms with E-state index < -0.39 is 0 Å². The summed E-state index contributed by atoms with van der Waals surface area (Å²) in [6.45, 7) is 6.49. The Morgan fingerprint density at radius 2 is 2.22 bits per heavy atom. The van der Waals surface area contributed by atoms with Crippen LogP contribution in [0.3, 0.4) is 0 Å². The molecule has 0 spiro atoms. The van der Waals surface area contributed by atoms with Gasteiger partial charge in [0, 0.05) is 24.8 Å². The van der Waals surface area contributed by atoms with Crippen LogP contribution in [0.25, 0.3) is 5.82 Å². The molecule has 0 amide bonds. The molecule has 0 radical (unpaired) electrons. The minimum atomic E-state index is 0.248. The Labute approximate surface area is 107 Å². The molecule has 4 nitrogen and oxygen atoms in total. The second kappa shape index (κ2) is 4.21. The summed E-state index contributed by atoms with van der Waals surface area (Å²) in [5.41, 5.74) is 2.81. The normalized spacial score (nSPS) is 18.1. The van der Waals surface area contributed by atoms with Crippen molar-refractivity contribution >= 4 is 0 Å². The molecule has 0 aromatic carbocycles. The van der Waals surface area contributed by atoms with Gasteiger partial charge in [0.2, 0.25) is 0 Å². The number of nitrogens with zero attached hydrogens (tertiary/aromatic N) is 3. The lowest BCUT2D eigenvalue weighted by atomic mass is 9.88. The second-order valence-corrected chi connectivity index (χ2v) is 5.66. The molecule has 1 aliphatic rings. The number of rotatable bonds is 1. The first-order valence-corrected chi connectivity index (χ1v) is 6.34. The zero-order valence-electron chi connectivity index (χ0n) is 10.8. The SMILES string of the molecule is CC1(C)CNCc2cnn(-c3ccccn3)c2C1. The van der Waals surface area contributed by atoms with Gasteiger partial charge in [0.15, 0.2) is 5.82 Å². The van der Waals surface area contributed by atoms with E-state index in [-0.39, 0.29) is 5.41 Å². The largest absolute Gasteiger partial charge is 0.312 e. The highest BCUT2D eigenvalue weighted by Crippen LogP contribution is 2.27. The van der Waals surface area contributed by atoms with Crippen molar-refractivity contribution in [2.75, 3.05) is 6.54 Å². The first-order valence-electron chi connectivity index (χ1n) is 6.34. The van der Waals surface area contributed by atoms with Crippen LogP contribution in [0.5, 0.6) is 0 Å². The number of pyridine rings is 1. The van der Waals surface area contributed by atoms with Crippen LogP contribution in [0.15, 0.2) is 30.6 Å². The van der Waals surface area contributed by atoms with Crippen molar-refractivity contribution in [3.8, 4) is 5.82 Å². The van der Waals surface area contributed by atoms with Gasteiger partial charge in [0.05, 0.1) is 11.9 Å². The van der Waals surface area contributed by atoms with Crippen LogP contribution in [0, 0.1) is 5.41 Å². The summed E-state index contributed by atoms with van der Waals surface area (Å²) in [5.74, 6) is 0.899. The lowest BCUT2D eigenvalue weighted by Crippen LogP contribution is -2.28. The predicted octanol–water partition coefficient (Wildman–Crippen LogP) is 1.94. The number of nitrogens with one attached hydrogen (secondary N) is 1. The minimum absolute atomic E-state index is 0.248. The van der Waals surface area contributed by atoms with Gasteiger partial charge in [-0.25, -0.2) is 9.67 Å². The van der Waals surface area contributed by atoms with Crippen molar-refractivity contribution in [1.82, 2.24) is 20.1 Å². The minimum Gasteiger partial charge on any atom is -0.312 e. The van der Waals surface area contributed by atoms with Gasteiger partial charge in [-0.1, -0.05) is 19.9 Å². The highest BCUT2D eigenvalue weighted by atomic mass is 15.3. The monoisotopic (exact) mass is 242 g/mol. The van der Waals surface area contributed by atoms with E-state index in [2.05, 4.69) is 29.2 Å². The van der Waals surface area contributed by atoms with Gasteiger partial charge in [-0.2, -0.15) is 5.10 Å². The average Bonchev–Trinajstić information content (AvgIpc) is 2.66. The van der Waals surface area contributed by atoms with Crippen molar-refractivity contribution < 1.29 is 0 Å². The lowest BCUT2D eigenvalue weighted by Gasteiger charge is -2.22. The van der Waals surface area contributed by atoms with Gasteiger partial charge in [-0.05, 0) is 24.0 Å². The molecule has 3 heterocycles. The Balaban J connectivity index is 2.07. The molecule has 1 N–H and O–H groups in total. The lowest BCUT2D eigenvalue weighted by molar-refractivity contribution is 0.343.